The van der Waals surface area contributed by atoms with E-state index in [1.54, 1.807) is 0 Å². The van der Waals surface area contributed by atoms with Crippen molar-refractivity contribution >= 4 is 0 Å². The Balaban J connectivity index is 2.11. The summed E-state index contributed by atoms with van der Waals surface area (Å²) in [6, 6.07) is 0. The molecule has 1 heterocycles. The van der Waals surface area contributed by atoms with E-state index in [9.17, 15) is 25.5 Å². The number of aliphatic hydroxyl groups is 5. The molecule has 1 fully saturated rings. The van der Waals surface area contributed by atoms with Crippen LogP contribution in [0.3, 0.4) is 0 Å². The Kier molecular flexibility index (Phi) is 15.1. The van der Waals surface area contributed by atoms with E-state index in [0.717, 1.165) is 12.8 Å². The van der Waals surface area contributed by atoms with Gasteiger partial charge in [0.1, 0.15) is 30.5 Å². The highest BCUT2D eigenvalue weighted by Crippen LogP contribution is 2.22. The van der Waals surface area contributed by atoms with Crippen molar-refractivity contribution in [3.63, 3.8) is 0 Å². The molecule has 1 rings (SSSR count). The first-order chi connectivity index (χ1) is 14.0. The highest BCUT2D eigenvalue weighted by atomic mass is 16.7. The van der Waals surface area contributed by atoms with E-state index in [2.05, 4.69) is 6.92 Å². The summed E-state index contributed by atoms with van der Waals surface area (Å²) in [4.78, 5) is 0. The fraction of sp³-hybridized carbons (Fsp3) is 1.00. The molecule has 8 nitrogen and oxygen atoms in total. The monoisotopic (exact) mass is 422 g/mol. The number of hydrogen-bond acceptors (Lipinski definition) is 8. The molecule has 2 unspecified atom stereocenters. The van der Waals surface area contributed by atoms with Gasteiger partial charge in [0.15, 0.2) is 6.29 Å². The number of hydrogen-bond donors (Lipinski definition) is 5. The van der Waals surface area contributed by atoms with Crippen LogP contribution in [0, 0.1) is 0 Å². The molecule has 8 heteroatoms. The zero-order chi connectivity index (χ0) is 21.5. The third-order valence-corrected chi connectivity index (χ3v) is 5.35. The van der Waals surface area contributed by atoms with Crippen molar-refractivity contribution in [2.24, 2.45) is 0 Å². The minimum Gasteiger partial charge on any atom is -0.394 e. The number of aliphatic hydroxyl groups excluding tert-OH is 5. The molecule has 0 saturated carbocycles. The molecule has 0 spiro atoms. The second-order valence-electron chi connectivity index (χ2n) is 7.89. The average molecular weight is 423 g/mol. The lowest BCUT2D eigenvalue weighted by Gasteiger charge is -2.39. The van der Waals surface area contributed by atoms with Gasteiger partial charge in [0.05, 0.1) is 19.8 Å². The molecule has 0 aromatic rings. The largest absolute Gasteiger partial charge is 0.394 e. The minimum atomic E-state index is -1.48. The Morgan fingerprint density at radius 1 is 0.793 bits per heavy atom. The van der Waals surface area contributed by atoms with Gasteiger partial charge in [-0.3, -0.25) is 0 Å². The summed E-state index contributed by atoms with van der Waals surface area (Å²) in [7, 11) is 0. The summed E-state index contributed by atoms with van der Waals surface area (Å²) in [5, 5.41) is 48.1. The van der Waals surface area contributed by atoms with Gasteiger partial charge in [-0.15, -0.1) is 0 Å². The van der Waals surface area contributed by atoms with Crippen molar-refractivity contribution in [2.45, 2.75) is 108 Å². The molecule has 0 aromatic heterocycles. The third kappa shape index (κ3) is 10.5. The summed E-state index contributed by atoms with van der Waals surface area (Å²) in [6.45, 7) is 1.96. The third-order valence-electron chi connectivity index (χ3n) is 5.35. The van der Waals surface area contributed by atoms with E-state index in [4.69, 9.17) is 14.2 Å². The molecular weight excluding hydrogens is 380 g/mol. The summed E-state index contributed by atoms with van der Waals surface area (Å²) in [6.07, 6.45) is 5.18. The second-order valence-corrected chi connectivity index (χ2v) is 7.89. The average Bonchev–Trinajstić information content (AvgIpc) is 2.73. The zero-order valence-electron chi connectivity index (χ0n) is 17.8. The molecule has 0 aromatic carbocycles. The SMILES string of the molecule is CCCCCCCCCCCCOC(CO)COC1O[C@H](CO)[C@@H](O)[C@H](O)[C@H]1O. The van der Waals surface area contributed by atoms with Crippen molar-refractivity contribution < 1.29 is 39.7 Å². The molecule has 0 radical (unpaired) electrons. The van der Waals surface area contributed by atoms with Crippen molar-refractivity contribution in [2.75, 3.05) is 26.4 Å². The Bertz CT molecular complexity index is 382. The molecule has 0 amide bonds. The highest BCUT2D eigenvalue weighted by Gasteiger charge is 2.44. The van der Waals surface area contributed by atoms with E-state index in [1.807, 2.05) is 0 Å². The Labute approximate surface area is 174 Å². The number of unbranched alkanes of at least 4 members (excludes halogenated alkanes) is 9. The van der Waals surface area contributed by atoms with Gasteiger partial charge in [0.2, 0.25) is 0 Å². The first-order valence-electron chi connectivity index (χ1n) is 11.2. The standard InChI is InChI=1S/C21H42O8/c1-2-3-4-5-6-7-8-9-10-11-12-27-16(13-22)15-28-21-20(26)19(25)18(24)17(14-23)29-21/h16-26H,2-15H2,1H3/t16?,17-,18-,19+,20-,21?/m1/s1. The number of ether oxygens (including phenoxy) is 3. The van der Waals surface area contributed by atoms with Crippen LogP contribution in [-0.4, -0.2) is 88.8 Å². The van der Waals surface area contributed by atoms with Crippen LogP contribution in [0.15, 0.2) is 0 Å². The highest BCUT2D eigenvalue weighted by molar-refractivity contribution is 4.88. The van der Waals surface area contributed by atoms with E-state index in [0.29, 0.717) is 6.61 Å². The van der Waals surface area contributed by atoms with Crippen LogP contribution >= 0.6 is 0 Å². The quantitative estimate of drug-likeness (QED) is 0.220. The molecule has 0 bridgehead atoms. The summed E-state index contributed by atoms with van der Waals surface area (Å²) in [5.74, 6) is 0. The second kappa shape index (κ2) is 16.4. The molecule has 1 saturated heterocycles. The molecule has 29 heavy (non-hydrogen) atoms. The van der Waals surface area contributed by atoms with Crippen molar-refractivity contribution in [1.29, 1.82) is 0 Å². The van der Waals surface area contributed by atoms with E-state index in [-0.39, 0.29) is 13.2 Å². The van der Waals surface area contributed by atoms with Crippen LogP contribution in [0.5, 0.6) is 0 Å². The van der Waals surface area contributed by atoms with Gasteiger partial charge >= 0.3 is 0 Å². The van der Waals surface area contributed by atoms with Crippen molar-refractivity contribution in [3.8, 4) is 0 Å². The van der Waals surface area contributed by atoms with Gasteiger partial charge in [-0.25, -0.2) is 0 Å². The van der Waals surface area contributed by atoms with Crippen LogP contribution in [0.4, 0.5) is 0 Å². The van der Waals surface area contributed by atoms with E-state index < -0.39 is 43.4 Å². The van der Waals surface area contributed by atoms with E-state index in [1.165, 1.54) is 51.4 Å². The van der Waals surface area contributed by atoms with Gasteiger partial charge in [-0.1, -0.05) is 64.7 Å². The normalized spacial score (nSPS) is 28.6. The van der Waals surface area contributed by atoms with Gasteiger partial charge < -0.3 is 39.7 Å². The summed E-state index contributed by atoms with van der Waals surface area (Å²) in [5.41, 5.74) is 0. The Morgan fingerprint density at radius 3 is 1.93 bits per heavy atom. The van der Waals surface area contributed by atoms with Gasteiger partial charge in [-0.2, -0.15) is 0 Å². The maximum atomic E-state index is 9.94. The summed E-state index contributed by atoms with van der Waals surface area (Å²) >= 11 is 0. The molecule has 1 aliphatic heterocycles. The van der Waals surface area contributed by atoms with Crippen LogP contribution in [-0.2, 0) is 14.2 Å². The fourth-order valence-electron chi connectivity index (χ4n) is 3.40. The summed E-state index contributed by atoms with van der Waals surface area (Å²) < 4.78 is 16.3. The van der Waals surface area contributed by atoms with Gasteiger partial charge in [-0.05, 0) is 6.42 Å². The minimum absolute atomic E-state index is 0.0308. The Morgan fingerprint density at radius 2 is 1.38 bits per heavy atom. The topological polar surface area (TPSA) is 129 Å². The molecular formula is C21H42O8. The van der Waals surface area contributed by atoms with Gasteiger partial charge in [0, 0.05) is 6.61 Å². The first-order valence-corrected chi connectivity index (χ1v) is 11.2. The van der Waals surface area contributed by atoms with Gasteiger partial charge in [0.25, 0.3) is 0 Å². The van der Waals surface area contributed by atoms with Crippen LogP contribution < -0.4 is 0 Å². The Hall–Kier alpha value is -0.320. The predicted molar refractivity (Wildman–Crippen MR) is 108 cm³/mol. The first kappa shape index (κ1) is 26.7. The number of rotatable bonds is 17. The van der Waals surface area contributed by atoms with Crippen LogP contribution in [0.2, 0.25) is 0 Å². The molecule has 0 aliphatic carbocycles. The van der Waals surface area contributed by atoms with Crippen molar-refractivity contribution in [1.82, 2.24) is 0 Å². The maximum absolute atomic E-state index is 9.94. The molecule has 1 aliphatic rings. The fourth-order valence-corrected chi connectivity index (χ4v) is 3.40. The lowest BCUT2D eigenvalue weighted by molar-refractivity contribution is -0.305. The smallest absolute Gasteiger partial charge is 0.186 e. The molecule has 174 valence electrons. The van der Waals surface area contributed by atoms with Crippen LogP contribution in [0.1, 0.15) is 71.1 Å². The van der Waals surface area contributed by atoms with Crippen molar-refractivity contribution in [3.05, 3.63) is 0 Å². The maximum Gasteiger partial charge on any atom is 0.186 e. The lowest BCUT2D eigenvalue weighted by atomic mass is 9.99. The predicted octanol–water partition coefficient (Wildman–Crippen LogP) is 1.10. The zero-order valence-corrected chi connectivity index (χ0v) is 17.8. The molecule has 6 atom stereocenters. The lowest BCUT2D eigenvalue weighted by Crippen LogP contribution is -2.59. The van der Waals surface area contributed by atoms with Crippen LogP contribution in [0.25, 0.3) is 0 Å². The molecule has 5 N–H and O–H groups in total. The van der Waals surface area contributed by atoms with E-state index >= 15 is 0 Å².